The van der Waals surface area contributed by atoms with Gasteiger partial charge in [0.15, 0.2) is 11.5 Å². The van der Waals surface area contributed by atoms with Crippen LogP contribution >= 0.6 is 0 Å². The Balaban J connectivity index is 1.68. The number of fused-ring (bicyclic) bond motifs is 1. The lowest BCUT2D eigenvalue weighted by Gasteiger charge is -2.21. The number of carbonyl (C=O) groups is 2. The van der Waals surface area contributed by atoms with E-state index in [9.17, 15) is 22.8 Å². The molecular weight excluding hydrogens is 377 g/mol. The molecule has 1 heterocycles. The van der Waals surface area contributed by atoms with E-state index in [2.05, 4.69) is 5.32 Å². The van der Waals surface area contributed by atoms with E-state index in [0.717, 1.165) is 6.07 Å². The number of nitrogens with zero attached hydrogens (tertiary/aromatic N) is 1. The lowest BCUT2D eigenvalue weighted by molar-refractivity contribution is -0.137. The zero-order valence-electron chi connectivity index (χ0n) is 14.9. The minimum atomic E-state index is -4.58. The highest BCUT2D eigenvalue weighted by atomic mass is 19.4. The van der Waals surface area contributed by atoms with Crippen LogP contribution in [-0.2, 0) is 15.8 Å². The van der Waals surface area contributed by atoms with Crippen molar-refractivity contribution < 1.29 is 32.2 Å². The number of amides is 2. The van der Waals surface area contributed by atoms with E-state index in [1.54, 1.807) is 18.2 Å². The molecule has 0 aromatic heterocycles. The Bertz CT molecular complexity index is 899. The van der Waals surface area contributed by atoms with E-state index in [0.29, 0.717) is 17.2 Å². The predicted octanol–water partition coefficient (Wildman–Crippen LogP) is 3.82. The minimum Gasteiger partial charge on any atom is -0.454 e. The molecule has 0 unspecified atom stereocenters. The monoisotopic (exact) mass is 394 g/mol. The number of alkyl halides is 3. The molecule has 0 saturated carbocycles. The number of rotatable bonds is 5. The smallest absolute Gasteiger partial charge is 0.418 e. The largest absolute Gasteiger partial charge is 0.454 e. The van der Waals surface area contributed by atoms with E-state index >= 15 is 0 Å². The molecule has 3 rings (SSSR count). The van der Waals surface area contributed by atoms with Gasteiger partial charge in [0.25, 0.3) is 0 Å². The van der Waals surface area contributed by atoms with Crippen LogP contribution in [0.5, 0.6) is 11.5 Å². The summed E-state index contributed by atoms with van der Waals surface area (Å²) in [4.78, 5) is 25.5. The summed E-state index contributed by atoms with van der Waals surface area (Å²) >= 11 is 0. The summed E-state index contributed by atoms with van der Waals surface area (Å²) in [7, 11) is 0. The maximum Gasteiger partial charge on any atom is 0.418 e. The summed E-state index contributed by atoms with van der Waals surface area (Å²) in [6.07, 6.45) is -4.76. The number of hydrogen-bond acceptors (Lipinski definition) is 4. The zero-order valence-corrected chi connectivity index (χ0v) is 14.9. The second-order valence-corrected chi connectivity index (χ2v) is 6.05. The van der Waals surface area contributed by atoms with Crippen LogP contribution in [0.2, 0.25) is 0 Å². The molecule has 148 valence electrons. The average molecular weight is 394 g/mol. The fraction of sp³-hybridized carbons (Fsp3) is 0.263. The summed E-state index contributed by atoms with van der Waals surface area (Å²) in [6, 6.07) is 9.62. The van der Waals surface area contributed by atoms with Gasteiger partial charge in [-0.05, 0) is 24.3 Å². The molecule has 0 fully saturated rings. The first-order valence-electron chi connectivity index (χ1n) is 8.39. The Hall–Kier alpha value is -3.23. The first-order chi connectivity index (χ1) is 13.3. The standard InChI is InChI=1S/C19H17F3N2O4/c1-12(25)24(13-6-7-16-17(10-13)28-11-27-16)9-8-18(26)23-15-5-3-2-4-14(15)19(20,21)22/h2-7,10H,8-9,11H2,1H3,(H,23,26). The molecule has 0 atom stereocenters. The van der Waals surface area contributed by atoms with Crippen molar-refractivity contribution in [1.29, 1.82) is 0 Å². The molecule has 2 aromatic carbocycles. The van der Waals surface area contributed by atoms with Gasteiger partial charge in [0.05, 0.1) is 11.3 Å². The normalized spacial score (nSPS) is 12.6. The van der Waals surface area contributed by atoms with Gasteiger partial charge in [0, 0.05) is 31.6 Å². The fourth-order valence-corrected chi connectivity index (χ4v) is 2.79. The Labute approximate surface area is 158 Å². The maximum absolute atomic E-state index is 13.0. The number of carbonyl (C=O) groups excluding carboxylic acids is 2. The van der Waals surface area contributed by atoms with Gasteiger partial charge in [0.2, 0.25) is 18.6 Å². The number of benzene rings is 2. The van der Waals surface area contributed by atoms with Crippen molar-refractivity contribution in [2.45, 2.75) is 19.5 Å². The van der Waals surface area contributed by atoms with Gasteiger partial charge in [-0.25, -0.2) is 0 Å². The Morgan fingerprint density at radius 2 is 1.82 bits per heavy atom. The van der Waals surface area contributed by atoms with Crippen molar-refractivity contribution in [1.82, 2.24) is 0 Å². The number of hydrogen-bond donors (Lipinski definition) is 1. The van der Waals surface area contributed by atoms with Crippen LogP contribution in [0.15, 0.2) is 42.5 Å². The van der Waals surface area contributed by atoms with Crippen LogP contribution in [0.4, 0.5) is 24.5 Å². The fourth-order valence-electron chi connectivity index (χ4n) is 2.79. The predicted molar refractivity (Wildman–Crippen MR) is 95.3 cm³/mol. The molecule has 2 amide bonds. The highest BCUT2D eigenvalue weighted by molar-refractivity contribution is 5.95. The van der Waals surface area contributed by atoms with Crippen LogP contribution in [-0.4, -0.2) is 25.2 Å². The molecule has 1 N–H and O–H groups in total. The Morgan fingerprint density at radius 3 is 2.54 bits per heavy atom. The highest BCUT2D eigenvalue weighted by Gasteiger charge is 2.33. The van der Waals surface area contributed by atoms with Crippen molar-refractivity contribution in [3.8, 4) is 11.5 Å². The second-order valence-electron chi connectivity index (χ2n) is 6.05. The average Bonchev–Trinajstić information content (AvgIpc) is 3.09. The molecule has 0 aliphatic carbocycles. The van der Waals surface area contributed by atoms with Crippen molar-refractivity contribution in [3.63, 3.8) is 0 Å². The molecule has 0 spiro atoms. The van der Waals surface area contributed by atoms with Gasteiger partial charge in [-0.15, -0.1) is 0 Å². The first kappa shape index (κ1) is 19.5. The van der Waals surface area contributed by atoms with Crippen molar-refractivity contribution >= 4 is 23.2 Å². The van der Waals surface area contributed by atoms with E-state index in [-0.39, 0.29) is 31.4 Å². The number of anilines is 2. The number of nitrogens with one attached hydrogen (secondary N) is 1. The molecule has 0 radical (unpaired) electrons. The van der Waals surface area contributed by atoms with E-state index < -0.39 is 17.6 Å². The summed E-state index contributed by atoms with van der Waals surface area (Å²) in [5.41, 5.74) is -0.750. The van der Waals surface area contributed by atoms with Crippen molar-refractivity contribution in [3.05, 3.63) is 48.0 Å². The van der Waals surface area contributed by atoms with Crippen LogP contribution in [0.3, 0.4) is 0 Å². The van der Waals surface area contributed by atoms with Crippen molar-refractivity contribution in [2.24, 2.45) is 0 Å². The van der Waals surface area contributed by atoms with Gasteiger partial charge in [-0.1, -0.05) is 12.1 Å². The summed E-state index contributed by atoms with van der Waals surface area (Å²) in [5.74, 6) is 0.0760. The minimum absolute atomic E-state index is 0.00497. The summed E-state index contributed by atoms with van der Waals surface area (Å²) in [5, 5.41) is 2.26. The van der Waals surface area contributed by atoms with Crippen LogP contribution in [0.25, 0.3) is 0 Å². The van der Waals surface area contributed by atoms with Crippen LogP contribution < -0.4 is 19.7 Å². The van der Waals surface area contributed by atoms with Crippen LogP contribution in [0.1, 0.15) is 18.9 Å². The summed E-state index contributed by atoms with van der Waals surface area (Å²) in [6.45, 7) is 1.41. The van der Waals surface area contributed by atoms with E-state index in [1.807, 2.05) is 0 Å². The van der Waals surface area contributed by atoms with Gasteiger partial charge in [-0.3, -0.25) is 9.59 Å². The van der Waals surface area contributed by atoms with Gasteiger partial charge >= 0.3 is 6.18 Å². The lowest BCUT2D eigenvalue weighted by Crippen LogP contribution is -2.32. The molecule has 6 nitrogen and oxygen atoms in total. The first-order valence-corrected chi connectivity index (χ1v) is 8.39. The zero-order chi connectivity index (χ0) is 20.3. The van der Waals surface area contributed by atoms with Crippen LogP contribution in [0, 0.1) is 0 Å². The molecule has 9 heteroatoms. The lowest BCUT2D eigenvalue weighted by atomic mass is 10.1. The summed E-state index contributed by atoms with van der Waals surface area (Å²) < 4.78 is 49.6. The number of para-hydroxylation sites is 1. The van der Waals surface area contributed by atoms with Gasteiger partial charge in [0.1, 0.15) is 0 Å². The quantitative estimate of drug-likeness (QED) is 0.837. The van der Waals surface area contributed by atoms with Gasteiger partial charge in [-0.2, -0.15) is 13.2 Å². The van der Waals surface area contributed by atoms with E-state index in [4.69, 9.17) is 9.47 Å². The molecule has 1 aliphatic rings. The number of ether oxygens (including phenoxy) is 2. The molecule has 0 bridgehead atoms. The topological polar surface area (TPSA) is 67.9 Å². The Kier molecular flexibility index (Phi) is 5.43. The van der Waals surface area contributed by atoms with E-state index in [1.165, 1.54) is 30.0 Å². The molecule has 2 aromatic rings. The third kappa shape index (κ3) is 4.36. The van der Waals surface area contributed by atoms with Crippen molar-refractivity contribution in [2.75, 3.05) is 23.6 Å². The maximum atomic E-state index is 13.0. The Morgan fingerprint density at radius 1 is 1.11 bits per heavy atom. The molecule has 1 aliphatic heterocycles. The molecular formula is C19H17F3N2O4. The third-order valence-corrected chi connectivity index (χ3v) is 4.12. The molecule has 28 heavy (non-hydrogen) atoms. The molecule has 0 saturated heterocycles. The second kappa shape index (κ2) is 7.79. The van der Waals surface area contributed by atoms with Gasteiger partial charge < -0.3 is 19.7 Å². The number of halogens is 3. The SMILES string of the molecule is CC(=O)N(CCC(=O)Nc1ccccc1C(F)(F)F)c1ccc2c(c1)OCO2. The third-order valence-electron chi connectivity index (χ3n) is 4.12. The highest BCUT2D eigenvalue weighted by Crippen LogP contribution is 2.36.